The zero-order valence-corrected chi connectivity index (χ0v) is 14.3. The molecule has 1 heterocycles. The molecule has 5 heteroatoms. The summed E-state index contributed by atoms with van der Waals surface area (Å²) in [6, 6.07) is 8.32. The van der Waals surface area contributed by atoms with E-state index in [4.69, 9.17) is 9.47 Å². The zero-order valence-electron chi connectivity index (χ0n) is 14.3. The van der Waals surface area contributed by atoms with Gasteiger partial charge in [0.2, 0.25) is 0 Å². The fraction of sp³-hybridized carbons (Fsp3) is 0.368. The number of rotatable bonds is 6. The van der Waals surface area contributed by atoms with Crippen LogP contribution in [0.25, 0.3) is 17.5 Å². The van der Waals surface area contributed by atoms with E-state index in [1.165, 1.54) is 0 Å². The summed E-state index contributed by atoms with van der Waals surface area (Å²) in [5, 5.41) is 0. The average molecular weight is 326 g/mol. The molecule has 0 N–H and O–H groups in total. The number of hydrogen-bond donors (Lipinski definition) is 0. The maximum atomic E-state index is 11.9. The molecular weight excluding hydrogens is 304 g/mol. The van der Waals surface area contributed by atoms with Crippen molar-refractivity contribution in [2.75, 3.05) is 13.7 Å². The van der Waals surface area contributed by atoms with Gasteiger partial charge in [-0.05, 0) is 57.0 Å². The highest BCUT2D eigenvalue weighted by Gasteiger charge is 2.28. The number of ether oxygens (including phenoxy) is 2. The second-order valence-electron chi connectivity index (χ2n) is 5.88. The van der Waals surface area contributed by atoms with E-state index in [1.54, 1.807) is 21.0 Å². The Balaban J connectivity index is 1.96. The third kappa shape index (κ3) is 3.35. The van der Waals surface area contributed by atoms with Crippen molar-refractivity contribution >= 4 is 12.0 Å². The normalized spacial score (nSPS) is 14.5. The topological polar surface area (TPSA) is 53.4 Å². The first-order valence-electron chi connectivity index (χ1n) is 8.21. The smallest absolute Gasteiger partial charge is 0.333 e. The molecule has 1 fully saturated rings. The Labute approximate surface area is 141 Å². The van der Waals surface area contributed by atoms with Crippen molar-refractivity contribution in [1.29, 1.82) is 0 Å². The van der Waals surface area contributed by atoms with Gasteiger partial charge in [0.25, 0.3) is 0 Å². The Bertz CT molecular complexity index is 755. The number of hydrogen-bond acceptors (Lipinski definition) is 4. The van der Waals surface area contributed by atoms with Crippen LogP contribution in [-0.2, 0) is 9.53 Å². The van der Waals surface area contributed by atoms with E-state index in [9.17, 15) is 4.79 Å². The quantitative estimate of drug-likeness (QED) is 0.597. The Hall–Kier alpha value is -2.56. The summed E-state index contributed by atoms with van der Waals surface area (Å²) < 4.78 is 12.5. The average Bonchev–Trinajstić information content (AvgIpc) is 3.35. The number of carbonyl (C=O) groups excluding carboxylic acids is 1. The minimum Gasteiger partial charge on any atom is -0.497 e. The Morgan fingerprint density at radius 1 is 1.33 bits per heavy atom. The predicted molar refractivity (Wildman–Crippen MR) is 92.8 cm³/mol. The molecule has 1 aliphatic rings. The van der Waals surface area contributed by atoms with Gasteiger partial charge < -0.3 is 14.0 Å². The summed E-state index contributed by atoms with van der Waals surface area (Å²) in [6.07, 6.45) is 5.95. The molecule has 5 nitrogen and oxygen atoms in total. The van der Waals surface area contributed by atoms with Crippen LogP contribution in [0.5, 0.6) is 5.75 Å². The Kier molecular flexibility index (Phi) is 4.69. The van der Waals surface area contributed by atoms with Crippen LogP contribution in [0.4, 0.5) is 0 Å². The second kappa shape index (κ2) is 6.91. The van der Waals surface area contributed by atoms with Crippen molar-refractivity contribution in [3.05, 3.63) is 41.7 Å². The van der Waals surface area contributed by atoms with Gasteiger partial charge >= 0.3 is 5.97 Å². The van der Waals surface area contributed by atoms with E-state index in [2.05, 4.69) is 9.55 Å². The third-order valence-electron chi connectivity index (χ3n) is 4.05. The molecule has 1 aromatic carbocycles. The van der Waals surface area contributed by atoms with Gasteiger partial charge in [-0.3, -0.25) is 0 Å². The lowest BCUT2D eigenvalue weighted by Crippen LogP contribution is -2.06. The number of aromatic nitrogens is 2. The maximum Gasteiger partial charge on any atom is 0.333 e. The second-order valence-corrected chi connectivity index (χ2v) is 5.88. The van der Waals surface area contributed by atoms with Gasteiger partial charge in [-0.1, -0.05) is 0 Å². The van der Waals surface area contributed by atoms with Crippen molar-refractivity contribution in [2.45, 2.75) is 32.7 Å². The lowest BCUT2D eigenvalue weighted by atomic mass is 10.2. The van der Waals surface area contributed by atoms with Gasteiger partial charge in [0, 0.05) is 17.2 Å². The van der Waals surface area contributed by atoms with E-state index in [0.29, 0.717) is 18.2 Å². The SMILES string of the molecule is CCOC(=O)C(C)=Cc1cnc(-c2ccc(OC)cc2)n1C1CC1. The molecule has 1 aromatic heterocycles. The van der Waals surface area contributed by atoms with Gasteiger partial charge in [-0.15, -0.1) is 0 Å². The Morgan fingerprint density at radius 3 is 2.62 bits per heavy atom. The van der Waals surface area contributed by atoms with Crippen molar-refractivity contribution in [3.8, 4) is 17.1 Å². The first-order valence-corrected chi connectivity index (χ1v) is 8.21. The molecule has 2 aromatic rings. The highest BCUT2D eigenvalue weighted by Crippen LogP contribution is 2.40. The lowest BCUT2D eigenvalue weighted by Gasteiger charge is -2.10. The van der Waals surface area contributed by atoms with E-state index in [-0.39, 0.29) is 5.97 Å². The monoisotopic (exact) mass is 326 g/mol. The highest BCUT2D eigenvalue weighted by atomic mass is 16.5. The number of nitrogens with zero attached hydrogens (tertiary/aromatic N) is 2. The van der Waals surface area contributed by atoms with Crippen LogP contribution < -0.4 is 4.74 Å². The molecule has 3 rings (SSSR count). The predicted octanol–water partition coefficient (Wildman–Crippen LogP) is 3.86. The first kappa shape index (κ1) is 16.3. The van der Waals surface area contributed by atoms with E-state index in [1.807, 2.05) is 36.5 Å². The van der Waals surface area contributed by atoms with E-state index < -0.39 is 0 Å². The van der Waals surface area contributed by atoms with Crippen LogP contribution in [0.3, 0.4) is 0 Å². The molecular formula is C19H22N2O3. The van der Waals surface area contributed by atoms with Crippen LogP contribution in [-0.4, -0.2) is 29.2 Å². The van der Waals surface area contributed by atoms with Crippen LogP contribution in [0.15, 0.2) is 36.0 Å². The summed E-state index contributed by atoms with van der Waals surface area (Å²) in [5.74, 6) is 1.46. The standard InChI is InChI=1S/C19H22N2O3/c1-4-24-19(22)13(2)11-16-12-20-18(21(16)15-7-8-15)14-5-9-17(23-3)10-6-14/h5-6,9-12,15H,4,7-8H2,1-3H3. The van der Waals surface area contributed by atoms with E-state index in [0.717, 1.165) is 35.7 Å². The molecule has 0 aliphatic heterocycles. The molecule has 0 unspecified atom stereocenters. The molecule has 126 valence electrons. The van der Waals surface area contributed by atoms with Gasteiger partial charge in [0.1, 0.15) is 11.6 Å². The van der Waals surface area contributed by atoms with Gasteiger partial charge in [-0.2, -0.15) is 0 Å². The number of methoxy groups -OCH3 is 1. The summed E-state index contributed by atoms with van der Waals surface area (Å²) >= 11 is 0. The molecule has 1 aliphatic carbocycles. The summed E-state index contributed by atoms with van der Waals surface area (Å²) in [5.41, 5.74) is 2.56. The number of esters is 1. The largest absolute Gasteiger partial charge is 0.497 e. The summed E-state index contributed by atoms with van der Waals surface area (Å²) in [7, 11) is 1.65. The zero-order chi connectivity index (χ0) is 17.1. The molecule has 0 atom stereocenters. The molecule has 1 saturated carbocycles. The van der Waals surface area contributed by atoms with Gasteiger partial charge in [0.15, 0.2) is 0 Å². The molecule has 24 heavy (non-hydrogen) atoms. The number of benzene rings is 1. The Morgan fingerprint density at radius 2 is 2.04 bits per heavy atom. The van der Waals surface area contributed by atoms with Crippen molar-refractivity contribution in [3.63, 3.8) is 0 Å². The molecule has 0 bridgehead atoms. The first-order chi connectivity index (χ1) is 11.6. The van der Waals surface area contributed by atoms with Gasteiger partial charge in [-0.25, -0.2) is 9.78 Å². The van der Waals surface area contributed by atoms with Crippen molar-refractivity contribution in [1.82, 2.24) is 9.55 Å². The van der Waals surface area contributed by atoms with Gasteiger partial charge in [0.05, 0.1) is 25.6 Å². The third-order valence-corrected chi connectivity index (χ3v) is 4.05. The summed E-state index contributed by atoms with van der Waals surface area (Å²) in [4.78, 5) is 16.4. The fourth-order valence-electron chi connectivity index (χ4n) is 2.68. The minimum absolute atomic E-state index is 0.285. The fourth-order valence-corrected chi connectivity index (χ4v) is 2.68. The van der Waals surface area contributed by atoms with Crippen molar-refractivity contribution in [2.24, 2.45) is 0 Å². The van der Waals surface area contributed by atoms with Crippen LogP contribution in [0.1, 0.15) is 38.4 Å². The highest BCUT2D eigenvalue weighted by molar-refractivity contribution is 5.92. The molecule has 0 radical (unpaired) electrons. The van der Waals surface area contributed by atoms with Crippen LogP contribution in [0.2, 0.25) is 0 Å². The minimum atomic E-state index is -0.285. The van der Waals surface area contributed by atoms with Crippen LogP contribution in [0, 0.1) is 0 Å². The number of carbonyl (C=O) groups is 1. The van der Waals surface area contributed by atoms with E-state index >= 15 is 0 Å². The number of imidazole rings is 1. The van der Waals surface area contributed by atoms with Crippen LogP contribution >= 0.6 is 0 Å². The maximum absolute atomic E-state index is 11.9. The molecule has 0 spiro atoms. The lowest BCUT2D eigenvalue weighted by molar-refractivity contribution is -0.138. The molecule has 0 amide bonds. The van der Waals surface area contributed by atoms with Crippen molar-refractivity contribution < 1.29 is 14.3 Å². The molecule has 0 saturated heterocycles. The summed E-state index contributed by atoms with van der Waals surface area (Å²) in [6.45, 7) is 3.96.